The van der Waals surface area contributed by atoms with Crippen molar-refractivity contribution >= 4 is 17.6 Å². The Morgan fingerprint density at radius 3 is 2.52 bits per heavy atom. The largest absolute Gasteiger partial charge is 0.462 e. The molecule has 0 atom stereocenters. The molecule has 0 radical (unpaired) electrons. The number of carbonyl (C=O) groups is 2. The highest BCUT2D eigenvalue weighted by molar-refractivity contribution is 6.07. The van der Waals surface area contributed by atoms with E-state index < -0.39 is 5.97 Å². The van der Waals surface area contributed by atoms with Gasteiger partial charge in [0.15, 0.2) is 0 Å². The number of aromatic nitrogens is 1. The van der Waals surface area contributed by atoms with Gasteiger partial charge in [-0.3, -0.25) is 4.79 Å². The van der Waals surface area contributed by atoms with Crippen molar-refractivity contribution in [3.63, 3.8) is 0 Å². The summed E-state index contributed by atoms with van der Waals surface area (Å²) >= 11 is 0. The standard InChI is InChI=1S/C18H22N2O3/c1-6-23-18(22)15-12(4)16(19-13(15)5)17(21)20-14-9-10(2)7-8-11(14)3/h7-9,19H,6H2,1-5H3,(H,20,21). The summed E-state index contributed by atoms with van der Waals surface area (Å²) < 4.78 is 5.05. The molecule has 0 aliphatic rings. The highest BCUT2D eigenvalue weighted by Gasteiger charge is 2.23. The van der Waals surface area contributed by atoms with E-state index in [0.717, 1.165) is 16.8 Å². The first-order valence-corrected chi connectivity index (χ1v) is 7.60. The third kappa shape index (κ3) is 3.44. The lowest BCUT2D eigenvalue weighted by Crippen LogP contribution is -2.15. The van der Waals surface area contributed by atoms with Gasteiger partial charge in [-0.25, -0.2) is 4.79 Å². The summed E-state index contributed by atoms with van der Waals surface area (Å²) in [7, 11) is 0. The van der Waals surface area contributed by atoms with Crippen LogP contribution in [0.4, 0.5) is 5.69 Å². The van der Waals surface area contributed by atoms with Crippen molar-refractivity contribution in [1.82, 2.24) is 4.98 Å². The van der Waals surface area contributed by atoms with Crippen LogP contribution in [-0.4, -0.2) is 23.5 Å². The van der Waals surface area contributed by atoms with Crippen LogP contribution in [0, 0.1) is 27.7 Å². The maximum Gasteiger partial charge on any atom is 0.340 e. The molecule has 0 saturated carbocycles. The van der Waals surface area contributed by atoms with Crippen LogP contribution in [0.3, 0.4) is 0 Å². The number of ether oxygens (including phenoxy) is 1. The fourth-order valence-electron chi connectivity index (χ4n) is 2.54. The number of hydrogen-bond donors (Lipinski definition) is 2. The highest BCUT2D eigenvalue weighted by Crippen LogP contribution is 2.22. The fraction of sp³-hybridized carbons (Fsp3) is 0.333. The molecule has 2 rings (SSSR count). The second kappa shape index (κ2) is 6.69. The number of aromatic amines is 1. The minimum Gasteiger partial charge on any atom is -0.462 e. The fourth-order valence-corrected chi connectivity index (χ4v) is 2.54. The SMILES string of the molecule is CCOC(=O)c1c(C)[nH]c(C(=O)Nc2cc(C)ccc2C)c1C. The molecule has 1 aromatic carbocycles. The van der Waals surface area contributed by atoms with Crippen LogP contribution in [0.5, 0.6) is 0 Å². The third-order valence-electron chi connectivity index (χ3n) is 3.79. The average molecular weight is 314 g/mol. The number of nitrogens with one attached hydrogen (secondary N) is 2. The van der Waals surface area contributed by atoms with Gasteiger partial charge in [0.05, 0.1) is 12.2 Å². The summed E-state index contributed by atoms with van der Waals surface area (Å²) in [5.74, 6) is -0.681. The molecule has 122 valence electrons. The molecule has 5 nitrogen and oxygen atoms in total. The molecule has 1 amide bonds. The maximum absolute atomic E-state index is 12.5. The number of rotatable bonds is 4. The molecule has 23 heavy (non-hydrogen) atoms. The number of benzene rings is 1. The van der Waals surface area contributed by atoms with Gasteiger partial charge < -0.3 is 15.0 Å². The lowest BCUT2D eigenvalue weighted by Gasteiger charge is -2.09. The van der Waals surface area contributed by atoms with E-state index in [1.807, 2.05) is 32.0 Å². The monoisotopic (exact) mass is 314 g/mol. The van der Waals surface area contributed by atoms with Crippen molar-refractivity contribution in [3.8, 4) is 0 Å². The predicted octanol–water partition coefficient (Wildman–Crippen LogP) is 3.68. The van der Waals surface area contributed by atoms with Crippen LogP contribution < -0.4 is 5.32 Å². The topological polar surface area (TPSA) is 71.2 Å². The molecular formula is C18H22N2O3. The lowest BCUT2D eigenvalue weighted by molar-refractivity contribution is 0.0525. The van der Waals surface area contributed by atoms with Crippen LogP contribution in [0.2, 0.25) is 0 Å². The second-order valence-electron chi connectivity index (χ2n) is 5.62. The van der Waals surface area contributed by atoms with E-state index in [1.165, 1.54) is 0 Å². The number of H-pyrrole nitrogens is 1. The molecular weight excluding hydrogens is 292 g/mol. The number of esters is 1. The van der Waals surface area contributed by atoms with Crippen LogP contribution in [0.1, 0.15) is 50.2 Å². The van der Waals surface area contributed by atoms with E-state index in [-0.39, 0.29) is 5.91 Å². The Bertz CT molecular complexity index is 760. The predicted molar refractivity (Wildman–Crippen MR) is 90.1 cm³/mol. The minimum atomic E-state index is -0.412. The minimum absolute atomic E-state index is 0.269. The smallest absolute Gasteiger partial charge is 0.340 e. The zero-order chi connectivity index (χ0) is 17.1. The Balaban J connectivity index is 2.32. The Hall–Kier alpha value is -2.56. The summed E-state index contributed by atoms with van der Waals surface area (Å²) in [4.78, 5) is 27.5. The molecule has 0 unspecified atom stereocenters. The van der Waals surface area contributed by atoms with E-state index in [4.69, 9.17) is 4.74 Å². The Kier molecular flexibility index (Phi) is 4.89. The third-order valence-corrected chi connectivity index (χ3v) is 3.79. The van der Waals surface area contributed by atoms with E-state index in [2.05, 4.69) is 10.3 Å². The van der Waals surface area contributed by atoms with Crippen molar-refractivity contribution in [3.05, 3.63) is 51.8 Å². The molecule has 0 bridgehead atoms. The van der Waals surface area contributed by atoms with Crippen LogP contribution >= 0.6 is 0 Å². The molecule has 2 N–H and O–H groups in total. The van der Waals surface area contributed by atoms with Crippen LogP contribution in [0.25, 0.3) is 0 Å². The molecule has 0 fully saturated rings. The average Bonchev–Trinajstić information content (AvgIpc) is 2.78. The van der Waals surface area contributed by atoms with Gasteiger partial charge in [-0.05, 0) is 57.4 Å². The summed E-state index contributed by atoms with van der Waals surface area (Å²) in [5.41, 5.74) is 4.85. The quantitative estimate of drug-likeness (QED) is 0.846. The van der Waals surface area contributed by atoms with Gasteiger partial charge in [0.2, 0.25) is 0 Å². The zero-order valence-corrected chi connectivity index (χ0v) is 14.2. The summed E-state index contributed by atoms with van der Waals surface area (Å²) in [6.45, 7) is 9.46. The van der Waals surface area contributed by atoms with Gasteiger partial charge in [0.1, 0.15) is 5.69 Å². The summed E-state index contributed by atoms with van der Waals surface area (Å²) in [5, 5.41) is 2.90. The first kappa shape index (κ1) is 16.8. The van der Waals surface area contributed by atoms with E-state index in [1.54, 1.807) is 20.8 Å². The van der Waals surface area contributed by atoms with Gasteiger partial charge in [0.25, 0.3) is 5.91 Å². The molecule has 1 heterocycles. The summed E-state index contributed by atoms with van der Waals surface area (Å²) in [6, 6.07) is 5.88. The molecule has 2 aromatic rings. The Morgan fingerprint density at radius 2 is 1.87 bits per heavy atom. The molecule has 1 aromatic heterocycles. The Morgan fingerprint density at radius 1 is 1.17 bits per heavy atom. The van der Waals surface area contributed by atoms with Gasteiger partial charge >= 0.3 is 5.97 Å². The number of aryl methyl sites for hydroxylation is 3. The second-order valence-corrected chi connectivity index (χ2v) is 5.62. The van der Waals surface area contributed by atoms with Crippen molar-refractivity contribution in [1.29, 1.82) is 0 Å². The molecule has 0 spiro atoms. The van der Waals surface area contributed by atoms with Crippen LogP contribution in [-0.2, 0) is 4.74 Å². The van der Waals surface area contributed by atoms with Crippen LogP contribution in [0.15, 0.2) is 18.2 Å². The highest BCUT2D eigenvalue weighted by atomic mass is 16.5. The number of hydrogen-bond acceptors (Lipinski definition) is 3. The number of amides is 1. The Labute approximate surface area is 136 Å². The van der Waals surface area contributed by atoms with Gasteiger partial charge in [-0.15, -0.1) is 0 Å². The zero-order valence-electron chi connectivity index (χ0n) is 14.2. The normalized spacial score (nSPS) is 10.5. The van der Waals surface area contributed by atoms with Gasteiger partial charge in [-0.2, -0.15) is 0 Å². The molecule has 0 aliphatic heterocycles. The molecule has 0 saturated heterocycles. The van der Waals surface area contributed by atoms with E-state index in [0.29, 0.717) is 29.1 Å². The molecule has 0 aliphatic carbocycles. The van der Waals surface area contributed by atoms with Gasteiger partial charge in [-0.1, -0.05) is 12.1 Å². The molecule has 5 heteroatoms. The van der Waals surface area contributed by atoms with Crippen molar-refractivity contribution in [2.45, 2.75) is 34.6 Å². The van der Waals surface area contributed by atoms with E-state index in [9.17, 15) is 9.59 Å². The van der Waals surface area contributed by atoms with Crippen molar-refractivity contribution in [2.24, 2.45) is 0 Å². The maximum atomic E-state index is 12.5. The summed E-state index contributed by atoms with van der Waals surface area (Å²) in [6.07, 6.45) is 0. The first-order valence-electron chi connectivity index (χ1n) is 7.60. The number of anilines is 1. The van der Waals surface area contributed by atoms with Crippen molar-refractivity contribution in [2.75, 3.05) is 11.9 Å². The van der Waals surface area contributed by atoms with Gasteiger partial charge in [0, 0.05) is 11.4 Å². The number of carbonyl (C=O) groups excluding carboxylic acids is 2. The van der Waals surface area contributed by atoms with Crippen molar-refractivity contribution < 1.29 is 14.3 Å². The van der Waals surface area contributed by atoms with E-state index >= 15 is 0 Å². The first-order chi connectivity index (χ1) is 10.8. The lowest BCUT2D eigenvalue weighted by atomic mass is 10.1.